The Morgan fingerprint density at radius 1 is 1.25 bits per heavy atom. The van der Waals surface area contributed by atoms with Gasteiger partial charge in [0.05, 0.1) is 10.2 Å². The number of nitrogens with one attached hydrogen (secondary N) is 2. The van der Waals surface area contributed by atoms with Gasteiger partial charge in [0.15, 0.2) is 0 Å². The van der Waals surface area contributed by atoms with Gasteiger partial charge in [-0.05, 0) is 58.3 Å². The molecule has 186 valence electrons. The second-order valence-electron chi connectivity index (χ2n) is 9.64. The number of piperidine rings is 1. The van der Waals surface area contributed by atoms with Crippen LogP contribution in [0.5, 0.6) is 0 Å². The molecule has 8 heteroatoms. The van der Waals surface area contributed by atoms with Crippen molar-refractivity contribution >= 4 is 33.8 Å². The molecule has 2 aromatic rings. The number of allylic oxidation sites excluding steroid dienone is 2. The smallest absolute Gasteiger partial charge is 0.226 e. The lowest BCUT2D eigenvalue weighted by molar-refractivity contribution is -0.134. The lowest BCUT2D eigenvalue weighted by Crippen LogP contribution is -2.44. The first-order chi connectivity index (χ1) is 17.5. The second-order valence-corrected chi connectivity index (χ2v) is 10.5. The van der Waals surface area contributed by atoms with Crippen molar-refractivity contribution in [3.8, 4) is 0 Å². The highest BCUT2D eigenvalue weighted by atomic mass is 79.9. The van der Waals surface area contributed by atoms with E-state index in [1.807, 2.05) is 53.4 Å². The Morgan fingerprint density at radius 3 is 2.83 bits per heavy atom. The predicted octanol–water partition coefficient (Wildman–Crippen LogP) is 4.65. The molecule has 1 saturated carbocycles. The van der Waals surface area contributed by atoms with Crippen LogP contribution in [0.3, 0.4) is 0 Å². The number of hydrogen-bond acceptors (Lipinski definition) is 6. The van der Waals surface area contributed by atoms with Crippen molar-refractivity contribution in [1.29, 1.82) is 5.41 Å². The van der Waals surface area contributed by atoms with E-state index in [0.29, 0.717) is 29.3 Å². The van der Waals surface area contributed by atoms with E-state index in [1.54, 1.807) is 6.20 Å². The molecule has 1 amide bonds. The average molecular weight is 548 g/mol. The average Bonchev–Trinajstić information content (AvgIpc) is 3.74. The van der Waals surface area contributed by atoms with Gasteiger partial charge in [-0.1, -0.05) is 36.4 Å². The number of pyridine rings is 1. The van der Waals surface area contributed by atoms with Crippen molar-refractivity contribution < 1.29 is 4.79 Å². The van der Waals surface area contributed by atoms with E-state index in [2.05, 4.69) is 44.4 Å². The van der Waals surface area contributed by atoms with Gasteiger partial charge >= 0.3 is 0 Å². The number of aromatic nitrogens is 1. The molecule has 1 aromatic heterocycles. The van der Waals surface area contributed by atoms with E-state index in [9.17, 15) is 4.79 Å². The molecule has 2 aliphatic heterocycles. The van der Waals surface area contributed by atoms with Crippen molar-refractivity contribution in [3.05, 3.63) is 88.2 Å². The van der Waals surface area contributed by atoms with Crippen molar-refractivity contribution in [1.82, 2.24) is 20.1 Å². The van der Waals surface area contributed by atoms with Gasteiger partial charge in [-0.3, -0.25) is 9.78 Å². The maximum atomic E-state index is 13.4. The summed E-state index contributed by atoms with van der Waals surface area (Å²) in [4.78, 5) is 26.5. The fourth-order valence-corrected chi connectivity index (χ4v) is 5.48. The molecule has 0 spiro atoms. The van der Waals surface area contributed by atoms with Gasteiger partial charge in [0.25, 0.3) is 0 Å². The van der Waals surface area contributed by atoms with Crippen LogP contribution in [0.15, 0.2) is 82.1 Å². The van der Waals surface area contributed by atoms with Gasteiger partial charge in [-0.2, -0.15) is 0 Å². The molecule has 2 fully saturated rings. The molecule has 3 heterocycles. The summed E-state index contributed by atoms with van der Waals surface area (Å²) in [6, 6.07) is 14.3. The molecule has 1 aliphatic carbocycles. The molecule has 36 heavy (non-hydrogen) atoms. The van der Waals surface area contributed by atoms with Crippen molar-refractivity contribution in [2.45, 2.75) is 31.7 Å². The standard InChI is InChI=1S/C28H31BrN6O/c1-34-26(32-17-19-7-5-11-31-16-19)14-25(33-27(34)24(29)15-30)21-10-6-12-35(18-21)28(36)23-13-22(23)20-8-3-2-4-9-20/h2-5,7-9,11,14-16,21-23,30,32H,6,10,12-13,17-18H2,1H3/b27-24+,30-15?/t21?,22-,23+/m0/s1. The zero-order valence-corrected chi connectivity index (χ0v) is 22.0. The van der Waals surface area contributed by atoms with Crippen LogP contribution in [-0.4, -0.2) is 52.8 Å². The number of hydrogen-bond donors (Lipinski definition) is 2. The molecule has 3 aliphatic rings. The first kappa shape index (κ1) is 24.4. The monoisotopic (exact) mass is 546 g/mol. The van der Waals surface area contributed by atoms with Gasteiger partial charge in [0.1, 0.15) is 11.6 Å². The fraction of sp³-hybridized carbons (Fsp3) is 0.357. The minimum Gasteiger partial charge on any atom is -0.367 e. The Balaban J connectivity index is 1.32. The lowest BCUT2D eigenvalue weighted by atomic mass is 9.91. The molecule has 1 unspecified atom stereocenters. The molecule has 2 N–H and O–H groups in total. The molecule has 1 saturated heterocycles. The van der Waals surface area contributed by atoms with E-state index in [-0.39, 0.29) is 17.7 Å². The van der Waals surface area contributed by atoms with Crippen molar-refractivity contribution in [2.75, 3.05) is 20.1 Å². The minimum absolute atomic E-state index is 0.0975. The van der Waals surface area contributed by atoms with Gasteiger partial charge in [0.2, 0.25) is 5.91 Å². The Labute approximate surface area is 220 Å². The summed E-state index contributed by atoms with van der Waals surface area (Å²) >= 11 is 3.50. The van der Waals surface area contributed by atoms with E-state index in [0.717, 1.165) is 42.9 Å². The maximum Gasteiger partial charge on any atom is 0.226 e. The van der Waals surface area contributed by atoms with Gasteiger partial charge in [0, 0.05) is 63.2 Å². The first-order valence-corrected chi connectivity index (χ1v) is 13.2. The number of likely N-dealkylation sites (tertiary alicyclic amines) is 1. The van der Waals surface area contributed by atoms with Crippen LogP contribution in [0.1, 0.15) is 36.3 Å². The third kappa shape index (κ3) is 5.28. The summed E-state index contributed by atoms with van der Waals surface area (Å²) in [5.74, 6) is 2.47. The van der Waals surface area contributed by atoms with E-state index in [1.165, 1.54) is 11.8 Å². The molecule has 7 nitrogen and oxygen atoms in total. The predicted molar refractivity (Wildman–Crippen MR) is 146 cm³/mol. The van der Waals surface area contributed by atoms with Gasteiger partial charge in [-0.25, -0.2) is 4.99 Å². The summed E-state index contributed by atoms with van der Waals surface area (Å²) in [7, 11) is 1.94. The van der Waals surface area contributed by atoms with E-state index in [4.69, 9.17) is 10.4 Å². The number of nitrogens with zero attached hydrogens (tertiary/aromatic N) is 4. The first-order valence-electron chi connectivity index (χ1n) is 12.5. The normalized spacial score (nSPS) is 25.0. The largest absolute Gasteiger partial charge is 0.367 e. The zero-order chi connectivity index (χ0) is 25.1. The molecule has 1 aromatic carbocycles. The highest BCUT2D eigenvalue weighted by Crippen LogP contribution is 2.48. The van der Waals surface area contributed by atoms with Crippen molar-refractivity contribution in [3.63, 3.8) is 0 Å². The van der Waals surface area contributed by atoms with Crippen LogP contribution >= 0.6 is 15.9 Å². The Morgan fingerprint density at radius 2 is 2.08 bits per heavy atom. The second kappa shape index (κ2) is 10.8. The topological polar surface area (TPSA) is 84.7 Å². The minimum atomic E-state index is 0.0975. The van der Waals surface area contributed by atoms with E-state index < -0.39 is 0 Å². The highest BCUT2D eigenvalue weighted by molar-refractivity contribution is 9.12. The van der Waals surface area contributed by atoms with Crippen LogP contribution in [0.2, 0.25) is 0 Å². The summed E-state index contributed by atoms with van der Waals surface area (Å²) in [6.45, 7) is 2.12. The summed E-state index contributed by atoms with van der Waals surface area (Å²) < 4.78 is 0.615. The molecule has 0 bridgehead atoms. The number of rotatable bonds is 7. The third-order valence-electron chi connectivity index (χ3n) is 7.22. The molecular formula is C28H31BrN6O. The highest BCUT2D eigenvalue weighted by Gasteiger charge is 2.46. The Bertz CT molecular complexity index is 1210. The summed E-state index contributed by atoms with van der Waals surface area (Å²) in [5.41, 5.74) is 3.30. The van der Waals surface area contributed by atoms with Gasteiger partial charge in [-0.15, -0.1) is 0 Å². The van der Waals surface area contributed by atoms with Crippen LogP contribution < -0.4 is 5.32 Å². The molecule has 0 radical (unpaired) electrons. The number of aliphatic imine (C=N–C) groups is 1. The Hall–Kier alpha value is -3.26. The van der Waals surface area contributed by atoms with Crippen LogP contribution in [-0.2, 0) is 11.3 Å². The molecular weight excluding hydrogens is 516 g/mol. The van der Waals surface area contributed by atoms with Gasteiger partial charge < -0.3 is 20.5 Å². The SMILES string of the molecule is CN1C(NCc2cccnc2)=CC(C2CCCN(C(=O)[C@@H]3C[C@H]3c3ccccc3)C2)=N/C1=C(\Br)C=N. The lowest BCUT2D eigenvalue weighted by Gasteiger charge is -2.36. The van der Waals surface area contributed by atoms with Crippen LogP contribution in [0.25, 0.3) is 0 Å². The Kier molecular flexibility index (Phi) is 7.32. The third-order valence-corrected chi connectivity index (χ3v) is 7.81. The number of halogens is 1. The fourth-order valence-electron chi connectivity index (χ4n) is 5.12. The van der Waals surface area contributed by atoms with Crippen LogP contribution in [0, 0.1) is 17.2 Å². The summed E-state index contributed by atoms with van der Waals surface area (Å²) in [5, 5.41) is 11.3. The number of carbonyl (C=O) groups is 1. The van der Waals surface area contributed by atoms with Crippen LogP contribution in [0.4, 0.5) is 0 Å². The molecule has 5 rings (SSSR count). The number of amides is 1. The number of carbonyl (C=O) groups excluding carboxylic acids is 1. The quantitative estimate of drug-likeness (QED) is 0.495. The summed E-state index contributed by atoms with van der Waals surface area (Å²) in [6.07, 6.45) is 9.86. The van der Waals surface area contributed by atoms with E-state index >= 15 is 0 Å². The van der Waals surface area contributed by atoms with Crippen molar-refractivity contribution in [2.24, 2.45) is 16.8 Å². The maximum absolute atomic E-state index is 13.4. The zero-order valence-electron chi connectivity index (χ0n) is 20.4. The molecule has 3 atom stereocenters. The number of benzene rings is 1.